The van der Waals surface area contributed by atoms with Crippen LogP contribution in [0.15, 0.2) is 42.5 Å². The standard InChI is InChI=1S/C19H23NO3/c1-19(2,3)12-17(21)20-16(18(22)23)11-14-9-6-8-13-7-4-5-10-15(13)14/h4-10,16H,11-12H2,1-3H3,(H,20,21)(H,22,23)/t16-/m0/s1. The Kier molecular flexibility index (Phi) is 5.04. The Hall–Kier alpha value is -2.36. The monoisotopic (exact) mass is 313 g/mol. The van der Waals surface area contributed by atoms with E-state index in [1.54, 1.807) is 0 Å². The molecule has 1 atom stereocenters. The summed E-state index contributed by atoms with van der Waals surface area (Å²) < 4.78 is 0. The Balaban J connectivity index is 2.19. The number of carboxylic acid groups (broad SMARTS) is 1. The van der Waals surface area contributed by atoms with E-state index in [1.165, 1.54) is 0 Å². The first-order chi connectivity index (χ1) is 10.8. The van der Waals surface area contributed by atoms with Crippen LogP contribution in [0.5, 0.6) is 0 Å². The number of nitrogens with one attached hydrogen (secondary N) is 1. The lowest BCUT2D eigenvalue weighted by Crippen LogP contribution is -2.43. The van der Waals surface area contributed by atoms with Crippen molar-refractivity contribution in [3.05, 3.63) is 48.0 Å². The van der Waals surface area contributed by atoms with Crippen molar-refractivity contribution in [1.29, 1.82) is 0 Å². The van der Waals surface area contributed by atoms with E-state index in [1.807, 2.05) is 63.2 Å². The Morgan fingerprint density at radius 2 is 1.74 bits per heavy atom. The minimum Gasteiger partial charge on any atom is -0.480 e. The summed E-state index contributed by atoms with van der Waals surface area (Å²) in [5.41, 5.74) is 0.749. The smallest absolute Gasteiger partial charge is 0.326 e. The highest BCUT2D eigenvalue weighted by atomic mass is 16.4. The molecular formula is C19H23NO3. The lowest BCUT2D eigenvalue weighted by atomic mass is 9.91. The van der Waals surface area contributed by atoms with E-state index in [9.17, 15) is 14.7 Å². The summed E-state index contributed by atoms with van der Waals surface area (Å²) in [6.07, 6.45) is 0.568. The van der Waals surface area contributed by atoms with E-state index in [4.69, 9.17) is 0 Å². The first-order valence-corrected chi connectivity index (χ1v) is 7.75. The molecular weight excluding hydrogens is 290 g/mol. The highest BCUT2D eigenvalue weighted by Gasteiger charge is 2.24. The maximum Gasteiger partial charge on any atom is 0.326 e. The molecule has 0 radical (unpaired) electrons. The lowest BCUT2D eigenvalue weighted by Gasteiger charge is -2.20. The van der Waals surface area contributed by atoms with Crippen molar-refractivity contribution in [2.24, 2.45) is 5.41 Å². The first-order valence-electron chi connectivity index (χ1n) is 7.75. The molecule has 122 valence electrons. The van der Waals surface area contributed by atoms with Crippen LogP contribution in [-0.2, 0) is 16.0 Å². The van der Waals surface area contributed by atoms with Gasteiger partial charge in [-0.05, 0) is 21.8 Å². The number of rotatable bonds is 5. The third-order valence-corrected chi connectivity index (χ3v) is 3.63. The second-order valence-corrected chi connectivity index (χ2v) is 7.04. The highest BCUT2D eigenvalue weighted by Crippen LogP contribution is 2.21. The Morgan fingerprint density at radius 3 is 2.39 bits per heavy atom. The van der Waals surface area contributed by atoms with E-state index in [2.05, 4.69) is 5.32 Å². The van der Waals surface area contributed by atoms with Crippen LogP contribution < -0.4 is 5.32 Å². The van der Waals surface area contributed by atoms with Gasteiger partial charge >= 0.3 is 5.97 Å². The summed E-state index contributed by atoms with van der Waals surface area (Å²) >= 11 is 0. The predicted octanol–water partition coefficient (Wildman–Crippen LogP) is 3.39. The maximum atomic E-state index is 12.1. The third kappa shape index (κ3) is 4.81. The molecule has 2 N–H and O–H groups in total. The second kappa shape index (κ2) is 6.82. The molecule has 0 aliphatic rings. The quantitative estimate of drug-likeness (QED) is 0.889. The SMILES string of the molecule is CC(C)(C)CC(=O)N[C@@H](Cc1cccc2ccccc12)C(=O)O. The van der Waals surface area contributed by atoms with Crippen LogP contribution in [0.1, 0.15) is 32.8 Å². The van der Waals surface area contributed by atoms with Crippen LogP contribution in [-0.4, -0.2) is 23.0 Å². The molecule has 1 amide bonds. The van der Waals surface area contributed by atoms with E-state index >= 15 is 0 Å². The zero-order chi connectivity index (χ0) is 17.0. The minimum atomic E-state index is -1.01. The summed E-state index contributed by atoms with van der Waals surface area (Å²) in [7, 11) is 0. The van der Waals surface area contributed by atoms with Gasteiger partial charge in [0.1, 0.15) is 6.04 Å². The molecule has 0 heterocycles. The zero-order valence-electron chi connectivity index (χ0n) is 13.8. The Bertz CT molecular complexity index is 711. The third-order valence-electron chi connectivity index (χ3n) is 3.63. The van der Waals surface area contributed by atoms with Crippen LogP contribution >= 0.6 is 0 Å². The molecule has 2 aromatic rings. The van der Waals surface area contributed by atoms with E-state index in [-0.39, 0.29) is 17.7 Å². The molecule has 23 heavy (non-hydrogen) atoms. The number of amides is 1. The number of hydrogen-bond acceptors (Lipinski definition) is 2. The molecule has 0 saturated heterocycles. The molecule has 0 aliphatic heterocycles. The van der Waals surface area contributed by atoms with Gasteiger partial charge in [0.15, 0.2) is 0 Å². The van der Waals surface area contributed by atoms with Gasteiger partial charge in [0.05, 0.1) is 0 Å². The van der Waals surface area contributed by atoms with E-state index in [0.29, 0.717) is 6.42 Å². The van der Waals surface area contributed by atoms with Crippen molar-refractivity contribution < 1.29 is 14.7 Å². The Labute approximate surface area is 136 Å². The molecule has 0 saturated carbocycles. The Morgan fingerprint density at radius 1 is 1.09 bits per heavy atom. The van der Waals surface area contributed by atoms with Gasteiger partial charge in [-0.1, -0.05) is 63.2 Å². The van der Waals surface area contributed by atoms with Crippen molar-refractivity contribution in [1.82, 2.24) is 5.32 Å². The fraction of sp³-hybridized carbons (Fsp3) is 0.368. The fourth-order valence-corrected chi connectivity index (χ4v) is 2.62. The molecule has 0 fully saturated rings. The van der Waals surface area contributed by atoms with Gasteiger partial charge in [0.2, 0.25) is 5.91 Å². The average molecular weight is 313 g/mol. The van der Waals surface area contributed by atoms with Gasteiger partial charge in [0, 0.05) is 12.8 Å². The average Bonchev–Trinajstić information content (AvgIpc) is 2.44. The molecule has 4 heteroatoms. The van der Waals surface area contributed by atoms with E-state index in [0.717, 1.165) is 16.3 Å². The van der Waals surface area contributed by atoms with Crippen LogP contribution in [0.4, 0.5) is 0 Å². The molecule has 0 unspecified atom stereocenters. The van der Waals surface area contributed by atoms with Gasteiger partial charge in [-0.3, -0.25) is 4.79 Å². The normalized spacial score (nSPS) is 12.8. The number of hydrogen-bond donors (Lipinski definition) is 2. The molecule has 2 aromatic carbocycles. The number of carbonyl (C=O) groups is 2. The number of carbonyl (C=O) groups excluding carboxylic acids is 1. The first kappa shape index (κ1) is 17.0. The molecule has 0 aromatic heterocycles. The molecule has 0 spiro atoms. The summed E-state index contributed by atoms with van der Waals surface area (Å²) in [5.74, 6) is -1.25. The number of benzene rings is 2. The number of carboxylic acids is 1. The van der Waals surface area contributed by atoms with Crippen LogP contribution in [0, 0.1) is 5.41 Å². The van der Waals surface area contributed by atoms with Crippen molar-refractivity contribution in [3.8, 4) is 0 Å². The predicted molar refractivity (Wildman–Crippen MR) is 91.3 cm³/mol. The maximum absolute atomic E-state index is 12.1. The van der Waals surface area contributed by atoms with Gasteiger partial charge in [-0.25, -0.2) is 4.79 Å². The second-order valence-electron chi connectivity index (χ2n) is 7.04. The summed E-state index contributed by atoms with van der Waals surface area (Å²) in [6.45, 7) is 5.85. The number of aliphatic carboxylic acids is 1. The van der Waals surface area contributed by atoms with Crippen molar-refractivity contribution in [2.75, 3.05) is 0 Å². The van der Waals surface area contributed by atoms with Crippen molar-refractivity contribution in [3.63, 3.8) is 0 Å². The van der Waals surface area contributed by atoms with Gasteiger partial charge < -0.3 is 10.4 Å². The highest BCUT2D eigenvalue weighted by molar-refractivity contribution is 5.88. The molecule has 0 aliphatic carbocycles. The zero-order valence-corrected chi connectivity index (χ0v) is 13.8. The summed E-state index contributed by atoms with van der Waals surface area (Å²) in [4.78, 5) is 23.6. The van der Waals surface area contributed by atoms with Gasteiger partial charge in [-0.15, -0.1) is 0 Å². The topological polar surface area (TPSA) is 66.4 Å². The van der Waals surface area contributed by atoms with Crippen LogP contribution in [0.25, 0.3) is 10.8 Å². The van der Waals surface area contributed by atoms with Crippen LogP contribution in [0.2, 0.25) is 0 Å². The number of fused-ring (bicyclic) bond motifs is 1. The van der Waals surface area contributed by atoms with Gasteiger partial charge in [0.25, 0.3) is 0 Å². The molecule has 4 nitrogen and oxygen atoms in total. The molecule has 2 rings (SSSR count). The summed E-state index contributed by atoms with van der Waals surface area (Å²) in [6, 6.07) is 12.7. The van der Waals surface area contributed by atoms with Crippen molar-refractivity contribution >= 4 is 22.6 Å². The largest absolute Gasteiger partial charge is 0.480 e. The summed E-state index contributed by atoms with van der Waals surface area (Å²) in [5, 5.41) is 14.2. The lowest BCUT2D eigenvalue weighted by molar-refractivity contribution is -0.142. The van der Waals surface area contributed by atoms with Gasteiger partial charge in [-0.2, -0.15) is 0 Å². The van der Waals surface area contributed by atoms with E-state index < -0.39 is 12.0 Å². The van der Waals surface area contributed by atoms with Crippen LogP contribution in [0.3, 0.4) is 0 Å². The minimum absolute atomic E-state index is 0.174. The fourth-order valence-electron chi connectivity index (χ4n) is 2.62. The van der Waals surface area contributed by atoms with Crippen molar-refractivity contribution in [2.45, 2.75) is 39.7 Å². The molecule has 0 bridgehead atoms.